The Morgan fingerprint density at radius 1 is 1.25 bits per heavy atom. The third kappa shape index (κ3) is 3.57. The second-order valence-corrected chi connectivity index (χ2v) is 5.02. The largest absolute Gasteiger partial charge is 0.465 e. The molecule has 0 aliphatic heterocycles. The maximum Gasteiger partial charge on any atom is 0.337 e. The van der Waals surface area contributed by atoms with Gasteiger partial charge in [-0.25, -0.2) is 9.18 Å². The molecular weight excluding hydrogens is 325 g/mol. The minimum Gasteiger partial charge on any atom is -0.465 e. The number of carbonyl (C=O) groups is 1. The summed E-state index contributed by atoms with van der Waals surface area (Å²) in [4.78, 5) is 11.3. The van der Waals surface area contributed by atoms with Gasteiger partial charge in [-0.3, -0.25) is 0 Å². The fraction of sp³-hybridized carbons (Fsp3) is 0.133. The third-order valence-corrected chi connectivity index (χ3v) is 3.48. The van der Waals surface area contributed by atoms with Crippen molar-refractivity contribution in [2.75, 3.05) is 12.4 Å². The number of nitrogens with one attached hydrogen (secondary N) is 1. The lowest BCUT2D eigenvalue weighted by molar-refractivity contribution is 0.0600. The number of halogens is 2. The van der Waals surface area contributed by atoms with Crippen LogP contribution in [-0.2, 0) is 11.3 Å². The van der Waals surface area contributed by atoms with E-state index < -0.39 is 0 Å². The summed E-state index contributed by atoms with van der Waals surface area (Å²) in [6, 6.07) is 11.5. The van der Waals surface area contributed by atoms with E-state index in [9.17, 15) is 9.18 Å². The molecule has 0 aromatic heterocycles. The lowest BCUT2D eigenvalue weighted by Gasteiger charge is -2.09. The number of hydrogen-bond acceptors (Lipinski definition) is 3. The molecule has 0 aliphatic carbocycles. The molecule has 0 spiro atoms. The number of rotatable bonds is 4. The zero-order chi connectivity index (χ0) is 14.5. The van der Waals surface area contributed by atoms with Crippen LogP contribution in [0.3, 0.4) is 0 Å². The molecule has 0 heterocycles. The topological polar surface area (TPSA) is 38.3 Å². The van der Waals surface area contributed by atoms with Crippen molar-refractivity contribution < 1.29 is 13.9 Å². The minimum atomic E-state index is -0.364. The van der Waals surface area contributed by atoms with Crippen LogP contribution < -0.4 is 5.32 Å². The highest BCUT2D eigenvalue weighted by Gasteiger charge is 2.05. The molecule has 2 aromatic carbocycles. The van der Waals surface area contributed by atoms with Crippen LogP contribution in [0.4, 0.5) is 10.1 Å². The number of hydrogen-bond donors (Lipinski definition) is 1. The quantitative estimate of drug-likeness (QED) is 0.857. The lowest BCUT2D eigenvalue weighted by atomic mass is 10.1. The molecule has 0 aliphatic rings. The molecule has 0 bridgehead atoms. The normalized spacial score (nSPS) is 10.2. The van der Waals surface area contributed by atoms with Crippen molar-refractivity contribution >= 4 is 27.6 Å². The third-order valence-electron chi connectivity index (χ3n) is 2.79. The van der Waals surface area contributed by atoms with Gasteiger partial charge in [0.15, 0.2) is 0 Å². The van der Waals surface area contributed by atoms with Crippen LogP contribution in [0.5, 0.6) is 0 Å². The van der Waals surface area contributed by atoms with E-state index >= 15 is 0 Å². The molecule has 1 N–H and O–H groups in total. The van der Waals surface area contributed by atoms with Gasteiger partial charge in [-0.1, -0.05) is 12.1 Å². The van der Waals surface area contributed by atoms with Crippen molar-refractivity contribution in [2.45, 2.75) is 6.54 Å². The number of benzene rings is 2. The first kappa shape index (κ1) is 14.5. The Bertz CT molecular complexity index is 614. The van der Waals surface area contributed by atoms with Gasteiger partial charge in [0.25, 0.3) is 0 Å². The smallest absolute Gasteiger partial charge is 0.337 e. The average molecular weight is 338 g/mol. The van der Waals surface area contributed by atoms with E-state index in [2.05, 4.69) is 26.0 Å². The SMILES string of the molecule is COC(=O)c1ccc(CNc2cc(F)ccc2Br)cc1. The molecule has 0 saturated heterocycles. The number of esters is 1. The van der Waals surface area contributed by atoms with Crippen LogP contribution in [0.2, 0.25) is 0 Å². The van der Waals surface area contributed by atoms with Crippen molar-refractivity contribution in [2.24, 2.45) is 0 Å². The summed E-state index contributed by atoms with van der Waals surface area (Å²) in [5.41, 5.74) is 2.17. The number of methoxy groups -OCH3 is 1. The molecule has 0 amide bonds. The highest BCUT2D eigenvalue weighted by Crippen LogP contribution is 2.23. The molecule has 2 rings (SSSR count). The van der Waals surface area contributed by atoms with E-state index in [-0.39, 0.29) is 11.8 Å². The summed E-state index contributed by atoms with van der Waals surface area (Å²) < 4.78 is 18.6. The number of anilines is 1. The van der Waals surface area contributed by atoms with Crippen LogP contribution in [-0.4, -0.2) is 13.1 Å². The summed E-state index contributed by atoms with van der Waals surface area (Å²) in [7, 11) is 1.35. The fourth-order valence-electron chi connectivity index (χ4n) is 1.71. The fourth-order valence-corrected chi connectivity index (χ4v) is 2.09. The van der Waals surface area contributed by atoms with E-state index in [0.717, 1.165) is 10.0 Å². The first-order valence-electron chi connectivity index (χ1n) is 5.96. The van der Waals surface area contributed by atoms with Gasteiger partial charge in [0, 0.05) is 11.0 Å². The number of carbonyl (C=O) groups excluding carboxylic acids is 1. The highest BCUT2D eigenvalue weighted by atomic mass is 79.9. The van der Waals surface area contributed by atoms with E-state index in [1.54, 1.807) is 18.2 Å². The first-order valence-corrected chi connectivity index (χ1v) is 6.75. The average Bonchev–Trinajstić information content (AvgIpc) is 2.48. The lowest BCUT2D eigenvalue weighted by Crippen LogP contribution is -2.03. The van der Waals surface area contributed by atoms with Gasteiger partial charge in [-0.2, -0.15) is 0 Å². The molecule has 2 aromatic rings. The summed E-state index contributed by atoms with van der Waals surface area (Å²) in [5.74, 6) is -0.658. The van der Waals surface area contributed by atoms with Gasteiger partial charge >= 0.3 is 5.97 Å². The standard InChI is InChI=1S/C15H13BrFNO2/c1-20-15(19)11-4-2-10(3-5-11)9-18-14-8-12(17)6-7-13(14)16/h2-8,18H,9H2,1H3. The Kier molecular flexibility index (Phi) is 4.74. The first-order chi connectivity index (χ1) is 9.60. The van der Waals surface area contributed by atoms with Crippen molar-refractivity contribution in [1.82, 2.24) is 0 Å². The van der Waals surface area contributed by atoms with Crippen molar-refractivity contribution in [1.29, 1.82) is 0 Å². The summed E-state index contributed by atoms with van der Waals surface area (Å²) in [5, 5.41) is 3.13. The van der Waals surface area contributed by atoms with Gasteiger partial charge in [0.2, 0.25) is 0 Å². The minimum absolute atomic E-state index is 0.295. The van der Waals surface area contributed by atoms with Crippen molar-refractivity contribution in [3.8, 4) is 0 Å². The molecule has 0 fully saturated rings. The van der Waals surface area contributed by atoms with Crippen LogP contribution in [0.1, 0.15) is 15.9 Å². The maximum atomic E-state index is 13.1. The Labute approximate surface area is 124 Å². The maximum absolute atomic E-state index is 13.1. The van der Waals surface area contributed by atoms with Gasteiger partial charge in [0.1, 0.15) is 5.82 Å². The molecule has 20 heavy (non-hydrogen) atoms. The summed E-state index contributed by atoms with van der Waals surface area (Å²) in [6.07, 6.45) is 0. The molecule has 0 radical (unpaired) electrons. The second-order valence-electron chi connectivity index (χ2n) is 4.17. The molecule has 0 unspecified atom stereocenters. The highest BCUT2D eigenvalue weighted by molar-refractivity contribution is 9.10. The van der Waals surface area contributed by atoms with E-state index in [1.165, 1.54) is 19.2 Å². The summed E-state index contributed by atoms with van der Waals surface area (Å²) >= 11 is 3.35. The Morgan fingerprint density at radius 3 is 2.60 bits per heavy atom. The zero-order valence-electron chi connectivity index (χ0n) is 10.8. The van der Waals surface area contributed by atoms with Crippen LogP contribution in [0.25, 0.3) is 0 Å². The Hall–Kier alpha value is -1.88. The number of ether oxygens (including phenoxy) is 1. The molecule has 5 heteroatoms. The Morgan fingerprint density at radius 2 is 1.95 bits per heavy atom. The summed E-state index contributed by atoms with van der Waals surface area (Å²) in [6.45, 7) is 0.531. The predicted octanol–water partition coefficient (Wildman–Crippen LogP) is 3.99. The van der Waals surface area contributed by atoms with E-state index in [1.807, 2.05) is 12.1 Å². The van der Waals surface area contributed by atoms with Gasteiger partial charge in [-0.05, 0) is 51.8 Å². The van der Waals surface area contributed by atoms with Gasteiger partial charge in [0.05, 0.1) is 18.4 Å². The molecule has 0 atom stereocenters. The van der Waals surface area contributed by atoms with Crippen LogP contribution >= 0.6 is 15.9 Å². The molecule has 104 valence electrons. The molecule has 3 nitrogen and oxygen atoms in total. The zero-order valence-corrected chi connectivity index (χ0v) is 12.4. The molecular formula is C15H13BrFNO2. The monoisotopic (exact) mass is 337 g/mol. The van der Waals surface area contributed by atoms with Gasteiger partial charge in [-0.15, -0.1) is 0 Å². The van der Waals surface area contributed by atoms with Crippen LogP contribution in [0, 0.1) is 5.82 Å². The van der Waals surface area contributed by atoms with Crippen LogP contribution in [0.15, 0.2) is 46.9 Å². The van der Waals surface area contributed by atoms with Crippen molar-refractivity contribution in [3.63, 3.8) is 0 Å². The van der Waals surface area contributed by atoms with E-state index in [0.29, 0.717) is 17.8 Å². The molecule has 0 saturated carbocycles. The predicted molar refractivity (Wildman–Crippen MR) is 79.2 cm³/mol. The Balaban J connectivity index is 2.04. The second kappa shape index (κ2) is 6.52. The van der Waals surface area contributed by atoms with E-state index in [4.69, 9.17) is 0 Å². The van der Waals surface area contributed by atoms with Crippen molar-refractivity contribution in [3.05, 3.63) is 63.9 Å². The van der Waals surface area contributed by atoms with Gasteiger partial charge < -0.3 is 10.1 Å².